The molecule has 0 atom stereocenters. The number of nitrogens with zero attached hydrogens (tertiary/aromatic N) is 1. The number of halogens is 1. The van der Waals surface area contributed by atoms with Gasteiger partial charge in [-0.05, 0) is 19.4 Å². The molecule has 0 aromatic heterocycles. The van der Waals surface area contributed by atoms with Gasteiger partial charge < -0.3 is 0 Å². The van der Waals surface area contributed by atoms with E-state index < -0.39 is 0 Å². The average molecular weight is 194 g/mol. The van der Waals surface area contributed by atoms with Crippen molar-refractivity contribution in [2.75, 3.05) is 0 Å². The number of hydrogen-bond donors (Lipinski definition) is 0. The minimum Gasteiger partial charge on any atom is -0.192 e. The Kier molecular flexibility index (Phi) is 5.67. The van der Waals surface area contributed by atoms with Crippen LogP contribution in [0.5, 0.6) is 0 Å². The van der Waals surface area contributed by atoms with E-state index in [0.29, 0.717) is 10.6 Å². The highest BCUT2D eigenvalue weighted by molar-refractivity contribution is 6.30. The highest BCUT2D eigenvalue weighted by atomic mass is 35.5. The van der Waals surface area contributed by atoms with Gasteiger partial charge in [-0.3, -0.25) is 0 Å². The molecule has 0 spiro atoms. The summed E-state index contributed by atoms with van der Waals surface area (Å²) >= 11 is 5.66. The summed E-state index contributed by atoms with van der Waals surface area (Å²) in [7, 11) is 0. The molecular weight excluding hydrogens is 182 g/mol. The van der Waals surface area contributed by atoms with Crippen LogP contribution in [0.15, 0.2) is 47.6 Å². The van der Waals surface area contributed by atoms with Gasteiger partial charge in [0.2, 0.25) is 0 Å². The summed E-state index contributed by atoms with van der Waals surface area (Å²) in [4.78, 5) is 0. The molecule has 0 rings (SSSR count). The van der Waals surface area contributed by atoms with Gasteiger partial charge >= 0.3 is 0 Å². The van der Waals surface area contributed by atoms with Crippen LogP contribution in [0.4, 0.5) is 0 Å². The molecule has 0 aliphatic heterocycles. The second-order valence-corrected chi connectivity index (χ2v) is 3.11. The predicted molar refractivity (Wildman–Crippen MR) is 57.3 cm³/mol. The zero-order valence-electron chi connectivity index (χ0n) is 7.68. The summed E-state index contributed by atoms with van der Waals surface area (Å²) < 4.78 is 0. The summed E-state index contributed by atoms with van der Waals surface area (Å²) in [5.41, 5.74) is 1.37. The third-order valence-electron chi connectivity index (χ3n) is 1.38. The molecular formula is C11H12ClN. The Morgan fingerprint density at radius 1 is 1.54 bits per heavy atom. The summed E-state index contributed by atoms with van der Waals surface area (Å²) in [5, 5.41) is 9.14. The van der Waals surface area contributed by atoms with Crippen molar-refractivity contribution in [1.29, 1.82) is 5.26 Å². The fourth-order valence-corrected chi connectivity index (χ4v) is 0.789. The molecule has 0 radical (unpaired) electrons. The lowest BCUT2D eigenvalue weighted by Gasteiger charge is -1.93. The van der Waals surface area contributed by atoms with Crippen LogP contribution in [-0.4, -0.2) is 0 Å². The lowest BCUT2D eigenvalue weighted by atomic mass is 10.1. The second-order valence-electron chi connectivity index (χ2n) is 2.54. The molecule has 0 heterocycles. The van der Waals surface area contributed by atoms with Crippen molar-refractivity contribution in [3.63, 3.8) is 0 Å². The highest BCUT2D eigenvalue weighted by Crippen LogP contribution is 2.10. The molecule has 0 aliphatic carbocycles. The van der Waals surface area contributed by atoms with Crippen LogP contribution in [0.25, 0.3) is 0 Å². The molecule has 13 heavy (non-hydrogen) atoms. The highest BCUT2D eigenvalue weighted by Gasteiger charge is 1.93. The smallest absolute Gasteiger partial charge is 0.100 e. The fourth-order valence-electron chi connectivity index (χ4n) is 0.684. The molecule has 0 unspecified atom stereocenters. The molecule has 0 N–H and O–H groups in total. The van der Waals surface area contributed by atoms with Crippen molar-refractivity contribution in [2.45, 2.75) is 13.3 Å². The van der Waals surface area contributed by atoms with Gasteiger partial charge in [0.15, 0.2) is 0 Å². The van der Waals surface area contributed by atoms with Crippen molar-refractivity contribution in [3.8, 4) is 6.07 Å². The summed E-state index contributed by atoms with van der Waals surface area (Å²) in [6, 6.07) is 1.99. The van der Waals surface area contributed by atoms with Crippen molar-refractivity contribution in [2.24, 2.45) is 0 Å². The first-order valence-corrected chi connectivity index (χ1v) is 4.22. The lowest BCUT2D eigenvalue weighted by Crippen LogP contribution is -1.76. The van der Waals surface area contributed by atoms with E-state index in [4.69, 9.17) is 16.9 Å². The normalized spacial score (nSPS) is 12.1. The first-order chi connectivity index (χ1) is 6.11. The van der Waals surface area contributed by atoms with E-state index in [2.05, 4.69) is 13.2 Å². The van der Waals surface area contributed by atoms with Gasteiger partial charge in [0, 0.05) is 5.03 Å². The maximum absolute atomic E-state index is 8.65. The van der Waals surface area contributed by atoms with Gasteiger partial charge in [0.25, 0.3) is 0 Å². The molecule has 2 heteroatoms. The fraction of sp³-hybridized carbons (Fsp3) is 0.182. The Morgan fingerprint density at radius 2 is 2.15 bits per heavy atom. The van der Waals surface area contributed by atoms with E-state index in [1.807, 2.05) is 6.07 Å². The first-order valence-electron chi connectivity index (χ1n) is 3.85. The zero-order chi connectivity index (χ0) is 10.3. The third kappa shape index (κ3) is 5.05. The van der Waals surface area contributed by atoms with Crippen molar-refractivity contribution < 1.29 is 0 Å². The molecule has 0 aliphatic rings. The Bertz CT molecular complexity index is 299. The van der Waals surface area contributed by atoms with Crippen LogP contribution in [-0.2, 0) is 0 Å². The van der Waals surface area contributed by atoms with Gasteiger partial charge in [0.1, 0.15) is 6.07 Å². The minimum absolute atomic E-state index is 0.465. The van der Waals surface area contributed by atoms with E-state index in [9.17, 15) is 0 Å². The maximum Gasteiger partial charge on any atom is 0.100 e. The standard InChI is InChI=1S/C11H12ClN/c1-4-5-9(2)6-7-11(8-13)10(3)12/h4,6-7H,1-2,5H2,3H3/b7-6-,11-10-. The van der Waals surface area contributed by atoms with E-state index >= 15 is 0 Å². The SMILES string of the molecule is C=CCC(=C)/C=C\C(C#N)=C(/C)Cl. The van der Waals surface area contributed by atoms with Crippen molar-refractivity contribution >= 4 is 11.6 Å². The van der Waals surface area contributed by atoms with E-state index in [0.717, 1.165) is 12.0 Å². The summed E-state index contributed by atoms with van der Waals surface area (Å²) in [6.07, 6.45) is 5.91. The summed E-state index contributed by atoms with van der Waals surface area (Å²) in [5.74, 6) is 0. The van der Waals surface area contributed by atoms with E-state index in [-0.39, 0.29) is 0 Å². The van der Waals surface area contributed by atoms with Crippen LogP contribution in [0.2, 0.25) is 0 Å². The van der Waals surface area contributed by atoms with Crippen LogP contribution in [0.3, 0.4) is 0 Å². The Morgan fingerprint density at radius 3 is 2.54 bits per heavy atom. The molecule has 0 aromatic carbocycles. The molecule has 0 aromatic rings. The van der Waals surface area contributed by atoms with Crippen LogP contribution < -0.4 is 0 Å². The van der Waals surface area contributed by atoms with Crippen LogP contribution in [0, 0.1) is 11.3 Å². The third-order valence-corrected chi connectivity index (χ3v) is 1.59. The second kappa shape index (κ2) is 6.28. The minimum atomic E-state index is 0.465. The Balaban J connectivity index is 4.44. The van der Waals surface area contributed by atoms with Gasteiger partial charge in [-0.25, -0.2) is 0 Å². The monoisotopic (exact) mass is 193 g/mol. The number of nitriles is 1. The largest absolute Gasteiger partial charge is 0.192 e. The zero-order valence-corrected chi connectivity index (χ0v) is 8.43. The van der Waals surface area contributed by atoms with Gasteiger partial charge in [0.05, 0.1) is 5.57 Å². The molecule has 1 nitrogen and oxygen atoms in total. The Hall–Kier alpha value is -1.26. The van der Waals surface area contributed by atoms with Crippen LogP contribution >= 0.6 is 11.6 Å². The number of hydrogen-bond acceptors (Lipinski definition) is 1. The number of rotatable bonds is 4. The summed E-state index contributed by atoms with van der Waals surface area (Å²) in [6.45, 7) is 9.04. The van der Waals surface area contributed by atoms with Crippen LogP contribution in [0.1, 0.15) is 13.3 Å². The van der Waals surface area contributed by atoms with E-state index in [1.54, 1.807) is 25.2 Å². The maximum atomic E-state index is 8.65. The number of allylic oxidation sites excluding steroid dienone is 6. The average Bonchev–Trinajstić information content (AvgIpc) is 2.05. The van der Waals surface area contributed by atoms with E-state index in [1.165, 1.54) is 0 Å². The van der Waals surface area contributed by atoms with Crippen molar-refractivity contribution in [1.82, 2.24) is 0 Å². The molecule has 68 valence electrons. The molecule has 0 amide bonds. The van der Waals surface area contributed by atoms with Gasteiger partial charge in [-0.1, -0.05) is 35.9 Å². The molecule has 0 saturated heterocycles. The molecule has 0 fully saturated rings. The van der Waals surface area contributed by atoms with Gasteiger partial charge in [-0.15, -0.1) is 6.58 Å². The van der Waals surface area contributed by atoms with Crippen molar-refractivity contribution in [3.05, 3.63) is 47.6 Å². The molecule has 0 bridgehead atoms. The lowest BCUT2D eigenvalue weighted by molar-refractivity contribution is 1.31. The Labute approximate surface area is 84.3 Å². The quantitative estimate of drug-likeness (QED) is 0.379. The molecule has 0 saturated carbocycles. The topological polar surface area (TPSA) is 23.8 Å². The predicted octanol–water partition coefficient (Wildman–Crippen LogP) is 3.71. The van der Waals surface area contributed by atoms with Gasteiger partial charge in [-0.2, -0.15) is 5.26 Å². The first kappa shape index (κ1) is 11.7.